The average Bonchev–Trinajstić information content (AvgIpc) is 2.26. The van der Waals surface area contributed by atoms with Crippen LogP contribution in [0, 0.1) is 5.92 Å². The lowest BCUT2D eigenvalue weighted by molar-refractivity contribution is -0.122. The van der Waals surface area contributed by atoms with E-state index in [2.05, 4.69) is 15.9 Å². The maximum absolute atomic E-state index is 10.9. The maximum atomic E-state index is 10.9. The van der Waals surface area contributed by atoms with E-state index in [1.54, 1.807) is 19.1 Å². The molecule has 0 aliphatic heterocycles. The first-order valence-electron chi connectivity index (χ1n) is 4.86. The molecule has 3 N–H and O–H groups in total. The summed E-state index contributed by atoms with van der Waals surface area (Å²) >= 11 is 3.12. The van der Waals surface area contributed by atoms with Gasteiger partial charge in [0, 0.05) is 4.47 Å². The molecule has 1 unspecified atom stereocenters. The third-order valence-electron chi connectivity index (χ3n) is 2.15. The summed E-state index contributed by atoms with van der Waals surface area (Å²) in [6, 6.07) is 4.58. The first-order valence-corrected chi connectivity index (χ1v) is 5.66. The van der Waals surface area contributed by atoms with Crippen LogP contribution in [0.5, 0.6) is 5.75 Å². The minimum absolute atomic E-state index is 0.106. The maximum Gasteiger partial charge on any atom is 0.336 e. The van der Waals surface area contributed by atoms with Crippen LogP contribution in [-0.4, -0.2) is 23.6 Å². The van der Waals surface area contributed by atoms with E-state index in [4.69, 9.17) is 15.6 Å². The molecule has 6 heteroatoms. The van der Waals surface area contributed by atoms with Crippen molar-refractivity contribution in [3.63, 3.8) is 0 Å². The van der Waals surface area contributed by atoms with Crippen molar-refractivity contribution in [2.45, 2.75) is 6.92 Å². The number of primary amides is 1. The standard InChI is InChI=1S/C11H12BrNO4/c1-6(10(13)14)5-17-7-2-3-9(12)8(4-7)11(15)16/h2-4,6H,5H2,1H3,(H2,13,14)(H,15,16). The molecule has 0 spiro atoms. The molecule has 0 saturated carbocycles. The molecule has 17 heavy (non-hydrogen) atoms. The Kier molecular flexibility index (Phi) is 4.51. The van der Waals surface area contributed by atoms with Gasteiger partial charge < -0.3 is 15.6 Å². The third kappa shape index (κ3) is 3.74. The molecule has 0 saturated heterocycles. The Bertz CT molecular complexity index is 447. The van der Waals surface area contributed by atoms with E-state index in [0.29, 0.717) is 10.2 Å². The van der Waals surface area contributed by atoms with E-state index >= 15 is 0 Å². The fourth-order valence-electron chi connectivity index (χ4n) is 1.06. The molecule has 1 rings (SSSR count). The van der Waals surface area contributed by atoms with Crippen molar-refractivity contribution < 1.29 is 19.4 Å². The van der Waals surface area contributed by atoms with Crippen LogP contribution in [0.4, 0.5) is 0 Å². The Morgan fingerprint density at radius 2 is 2.18 bits per heavy atom. The van der Waals surface area contributed by atoms with Gasteiger partial charge in [-0.1, -0.05) is 6.92 Å². The van der Waals surface area contributed by atoms with Crippen molar-refractivity contribution in [2.75, 3.05) is 6.61 Å². The van der Waals surface area contributed by atoms with Crippen LogP contribution in [0.1, 0.15) is 17.3 Å². The quantitative estimate of drug-likeness (QED) is 0.865. The zero-order chi connectivity index (χ0) is 13.0. The Balaban J connectivity index is 2.76. The van der Waals surface area contributed by atoms with E-state index in [1.807, 2.05) is 0 Å². The van der Waals surface area contributed by atoms with Gasteiger partial charge in [-0.25, -0.2) is 4.79 Å². The minimum atomic E-state index is -1.05. The van der Waals surface area contributed by atoms with Gasteiger partial charge in [0.15, 0.2) is 0 Å². The summed E-state index contributed by atoms with van der Waals surface area (Å²) in [6.45, 7) is 1.76. The highest BCUT2D eigenvalue weighted by molar-refractivity contribution is 9.10. The smallest absolute Gasteiger partial charge is 0.336 e. The van der Waals surface area contributed by atoms with Gasteiger partial charge in [0.1, 0.15) is 5.75 Å². The van der Waals surface area contributed by atoms with Gasteiger partial charge in [-0.3, -0.25) is 4.79 Å². The van der Waals surface area contributed by atoms with E-state index in [9.17, 15) is 9.59 Å². The molecule has 92 valence electrons. The third-order valence-corrected chi connectivity index (χ3v) is 2.85. The number of hydrogen-bond acceptors (Lipinski definition) is 3. The number of nitrogens with two attached hydrogens (primary N) is 1. The SMILES string of the molecule is CC(COc1ccc(Br)c(C(=O)O)c1)C(N)=O. The molecule has 0 aromatic heterocycles. The van der Waals surface area contributed by atoms with Crippen molar-refractivity contribution in [3.8, 4) is 5.75 Å². The van der Waals surface area contributed by atoms with E-state index in [-0.39, 0.29) is 12.2 Å². The lowest BCUT2D eigenvalue weighted by Crippen LogP contribution is -2.25. The number of amides is 1. The highest BCUT2D eigenvalue weighted by Crippen LogP contribution is 2.22. The van der Waals surface area contributed by atoms with E-state index < -0.39 is 17.8 Å². The Morgan fingerprint density at radius 1 is 1.53 bits per heavy atom. The second-order valence-corrected chi connectivity index (χ2v) is 4.42. The molecule has 0 bridgehead atoms. The Labute approximate surface area is 107 Å². The zero-order valence-electron chi connectivity index (χ0n) is 9.14. The van der Waals surface area contributed by atoms with Crippen LogP contribution in [0.15, 0.2) is 22.7 Å². The second kappa shape index (κ2) is 5.67. The van der Waals surface area contributed by atoms with Gasteiger partial charge in [0.2, 0.25) is 5.91 Å². The molecule has 0 radical (unpaired) electrons. The van der Waals surface area contributed by atoms with Crippen molar-refractivity contribution in [1.82, 2.24) is 0 Å². The lowest BCUT2D eigenvalue weighted by Gasteiger charge is -2.10. The largest absolute Gasteiger partial charge is 0.493 e. The highest BCUT2D eigenvalue weighted by atomic mass is 79.9. The number of carbonyl (C=O) groups excluding carboxylic acids is 1. The number of hydrogen-bond donors (Lipinski definition) is 2. The molecule has 0 aliphatic rings. The number of halogens is 1. The van der Waals surface area contributed by atoms with Crippen molar-refractivity contribution >= 4 is 27.8 Å². The van der Waals surface area contributed by atoms with Crippen LogP contribution >= 0.6 is 15.9 Å². The van der Waals surface area contributed by atoms with E-state index in [1.165, 1.54) is 6.07 Å². The molecule has 5 nitrogen and oxygen atoms in total. The molecule has 1 aromatic rings. The van der Waals surface area contributed by atoms with Crippen LogP contribution < -0.4 is 10.5 Å². The van der Waals surface area contributed by atoms with Gasteiger partial charge in [-0.15, -0.1) is 0 Å². The van der Waals surface area contributed by atoms with Gasteiger partial charge in [-0.2, -0.15) is 0 Å². The Morgan fingerprint density at radius 3 is 2.71 bits per heavy atom. The molecule has 1 atom stereocenters. The number of ether oxygens (including phenoxy) is 1. The monoisotopic (exact) mass is 301 g/mol. The molecule has 0 heterocycles. The number of carbonyl (C=O) groups is 2. The molecule has 0 aliphatic carbocycles. The number of carboxylic acids is 1. The lowest BCUT2D eigenvalue weighted by atomic mass is 10.2. The number of carboxylic acid groups (broad SMARTS) is 1. The summed E-state index contributed by atoms with van der Waals surface area (Å²) in [7, 11) is 0. The van der Waals surface area contributed by atoms with Crippen LogP contribution in [0.3, 0.4) is 0 Å². The minimum Gasteiger partial charge on any atom is -0.493 e. The average molecular weight is 302 g/mol. The first-order chi connectivity index (χ1) is 7.91. The predicted molar refractivity (Wildman–Crippen MR) is 65.0 cm³/mol. The zero-order valence-corrected chi connectivity index (χ0v) is 10.7. The van der Waals surface area contributed by atoms with Gasteiger partial charge in [-0.05, 0) is 34.1 Å². The van der Waals surface area contributed by atoms with Gasteiger partial charge in [0.25, 0.3) is 0 Å². The molecular formula is C11H12BrNO4. The number of benzene rings is 1. The topological polar surface area (TPSA) is 89.6 Å². The summed E-state index contributed by atoms with van der Waals surface area (Å²) in [6.07, 6.45) is 0. The number of aromatic carboxylic acids is 1. The molecule has 1 amide bonds. The Hall–Kier alpha value is -1.56. The van der Waals surface area contributed by atoms with Crippen LogP contribution in [0.25, 0.3) is 0 Å². The van der Waals surface area contributed by atoms with Crippen molar-refractivity contribution in [2.24, 2.45) is 11.7 Å². The first kappa shape index (κ1) is 13.5. The highest BCUT2D eigenvalue weighted by Gasteiger charge is 2.12. The second-order valence-electron chi connectivity index (χ2n) is 3.56. The summed E-state index contributed by atoms with van der Waals surface area (Å²) in [5, 5.41) is 8.90. The van der Waals surface area contributed by atoms with E-state index in [0.717, 1.165) is 0 Å². The predicted octanol–water partition coefficient (Wildman–Crippen LogP) is 1.65. The molecular weight excluding hydrogens is 290 g/mol. The van der Waals surface area contributed by atoms with Crippen LogP contribution in [0.2, 0.25) is 0 Å². The van der Waals surface area contributed by atoms with Crippen LogP contribution in [-0.2, 0) is 4.79 Å². The summed E-state index contributed by atoms with van der Waals surface area (Å²) in [5.41, 5.74) is 5.19. The van der Waals surface area contributed by atoms with Crippen molar-refractivity contribution in [3.05, 3.63) is 28.2 Å². The molecule has 1 aromatic carbocycles. The van der Waals surface area contributed by atoms with Gasteiger partial charge in [0.05, 0.1) is 18.1 Å². The molecule has 0 fully saturated rings. The summed E-state index contributed by atoms with van der Waals surface area (Å²) < 4.78 is 5.76. The summed E-state index contributed by atoms with van der Waals surface area (Å²) in [5.74, 6) is -1.54. The summed E-state index contributed by atoms with van der Waals surface area (Å²) in [4.78, 5) is 21.7. The van der Waals surface area contributed by atoms with Crippen molar-refractivity contribution in [1.29, 1.82) is 0 Å². The fourth-order valence-corrected chi connectivity index (χ4v) is 1.48. The fraction of sp³-hybridized carbons (Fsp3) is 0.273. The normalized spacial score (nSPS) is 11.9. The van der Waals surface area contributed by atoms with Gasteiger partial charge >= 0.3 is 5.97 Å². The number of rotatable bonds is 5.